The zero-order chi connectivity index (χ0) is 35.5. The van der Waals surface area contributed by atoms with Gasteiger partial charge in [-0.15, -0.1) is 0 Å². The first-order valence-corrected chi connectivity index (χ1v) is 17.2. The topological polar surface area (TPSA) is 91.6 Å². The van der Waals surface area contributed by atoms with Gasteiger partial charge in [-0.1, -0.05) is 43.9 Å². The summed E-state index contributed by atoms with van der Waals surface area (Å²) in [5, 5.41) is 12.7. The zero-order valence-corrected chi connectivity index (χ0v) is 28.3. The van der Waals surface area contributed by atoms with Gasteiger partial charge in [0.05, 0.1) is 18.0 Å². The van der Waals surface area contributed by atoms with Gasteiger partial charge < -0.3 is 19.9 Å². The van der Waals surface area contributed by atoms with E-state index >= 15 is 4.39 Å². The number of aromatic nitrogens is 1. The standard InChI is InChI=1S/C38H45F4N3O4/c1-23-10-9-12-25-11-7-5-4-6-8-13-32(45-22-26(16-17-44(2)3)30(20-33(45)46)38(40,41)42)37(49)43-31(21-34(47)48)29-19-27(35(23)25)18-28(36(29)39)24-14-15-24/h9-10,12,18-20,22,24,31-32H,4-8,11,13-17,21H2,1-3H3,(H,43,49)(H,47,48)/t31-,32-/m0/s1. The van der Waals surface area contributed by atoms with E-state index < -0.39 is 53.5 Å². The van der Waals surface area contributed by atoms with Crippen LogP contribution in [0.15, 0.2) is 47.4 Å². The van der Waals surface area contributed by atoms with E-state index in [1.807, 2.05) is 25.1 Å². The lowest BCUT2D eigenvalue weighted by Gasteiger charge is -2.26. The predicted molar refractivity (Wildman–Crippen MR) is 180 cm³/mol. The lowest BCUT2D eigenvalue weighted by Crippen LogP contribution is -2.40. The van der Waals surface area contributed by atoms with Crippen LogP contribution < -0.4 is 10.9 Å². The molecule has 0 radical (unpaired) electrons. The molecule has 49 heavy (non-hydrogen) atoms. The van der Waals surface area contributed by atoms with Gasteiger partial charge >= 0.3 is 12.1 Å². The molecule has 1 amide bonds. The smallest absolute Gasteiger partial charge is 0.416 e. The Morgan fingerprint density at radius 3 is 2.37 bits per heavy atom. The molecule has 2 bridgehead atoms. The van der Waals surface area contributed by atoms with E-state index in [4.69, 9.17) is 0 Å². The molecule has 3 aromatic rings. The number of amides is 1. The Morgan fingerprint density at radius 2 is 1.69 bits per heavy atom. The first-order valence-electron chi connectivity index (χ1n) is 17.2. The molecule has 0 spiro atoms. The second kappa shape index (κ2) is 15.3. The van der Waals surface area contributed by atoms with Gasteiger partial charge in [-0.05, 0) is 111 Å². The number of carboxylic acid groups (broad SMARTS) is 1. The number of pyridine rings is 1. The fraction of sp³-hybridized carbons (Fsp3) is 0.500. The molecule has 1 aromatic heterocycles. The number of hydrogen-bond donors (Lipinski definition) is 2. The molecule has 2 heterocycles. The van der Waals surface area contributed by atoms with E-state index in [1.54, 1.807) is 25.1 Å². The van der Waals surface area contributed by atoms with Crippen LogP contribution in [0.4, 0.5) is 17.6 Å². The van der Waals surface area contributed by atoms with Crippen LogP contribution in [0.1, 0.15) is 109 Å². The summed E-state index contributed by atoms with van der Waals surface area (Å²) in [4.78, 5) is 41.4. The Labute approximate surface area is 284 Å². The molecule has 1 aliphatic heterocycles. The van der Waals surface area contributed by atoms with Gasteiger partial charge in [0, 0.05) is 24.4 Å². The van der Waals surface area contributed by atoms with Crippen molar-refractivity contribution in [2.45, 2.75) is 102 Å². The van der Waals surface area contributed by atoms with Crippen molar-refractivity contribution in [2.75, 3.05) is 20.6 Å². The quantitative estimate of drug-likeness (QED) is 0.249. The monoisotopic (exact) mass is 683 g/mol. The predicted octanol–water partition coefficient (Wildman–Crippen LogP) is 7.73. The first kappa shape index (κ1) is 36.3. The van der Waals surface area contributed by atoms with Crippen LogP contribution >= 0.6 is 0 Å². The molecule has 5 rings (SSSR count). The number of carboxylic acids is 1. The number of hydrogen-bond acceptors (Lipinski definition) is 4. The maximum atomic E-state index is 16.4. The van der Waals surface area contributed by atoms with Gasteiger partial charge in [0.2, 0.25) is 5.91 Å². The number of aliphatic carboxylic acids is 1. The van der Waals surface area contributed by atoms with Gasteiger partial charge in [0.15, 0.2) is 0 Å². The molecule has 0 saturated heterocycles. The summed E-state index contributed by atoms with van der Waals surface area (Å²) in [6, 6.07) is 7.57. The maximum absolute atomic E-state index is 16.4. The van der Waals surface area contributed by atoms with E-state index in [1.165, 1.54) is 0 Å². The molecular formula is C38H45F4N3O4. The van der Waals surface area contributed by atoms with E-state index in [0.717, 1.165) is 78.0 Å². The van der Waals surface area contributed by atoms with E-state index in [0.29, 0.717) is 18.1 Å². The summed E-state index contributed by atoms with van der Waals surface area (Å²) in [5.41, 5.74) is 2.22. The number of halogens is 4. The molecule has 2 aromatic carbocycles. The number of benzene rings is 2. The number of nitrogens with one attached hydrogen (secondary N) is 1. The molecule has 2 aliphatic rings. The molecule has 7 nitrogen and oxygen atoms in total. The molecule has 2 N–H and O–H groups in total. The van der Waals surface area contributed by atoms with Gasteiger partial charge in [-0.3, -0.25) is 14.4 Å². The number of aryl methyl sites for hydroxylation is 2. The largest absolute Gasteiger partial charge is 0.481 e. The van der Waals surface area contributed by atoms with E-state index in [-0.39, 0.29) is 36.4 Å². The number of alkyl halides is 3. The highest BCUT2D eigenvalue weighted by Gasteiger charge is 2.36. The number of nitrogens with zero attached hydrogens (tertiary/aromatic N) is 2. The Kier molecular flexibility index (Phi) is 11.3. The average Bonchev–Trinajstić information content (AvgIpc) is 3.86. The van der Waals surface area contributed by atoms with Gasteiger partial charge in [-0.2, -0.15) is 13.2 Å². The highest BCUT2D eigenvalue weighted by Crippen LogP contribution is 2.45. The van der Waals surface area contributed by atoms with E-state index in [9.17, 15) is 32.7 Å². The maximum Gasteiger partial charge on any atom is 0.416 e. The zero-order valence-electron chi connectivity index (χ0n) is 28.3. The number of fused-ring (bicyclic) bond motifs is 4. The summed E-state index contributed by atoms with van der Waals surface area (Å²) in [6.07, 6.45) is 2.17. The van der Waals surface area contributed by atoms with Gasteiger partial charge in [0.1, 0.15) is 11.9 Å². The SMILES string of the molecule is Cc1cccc2c1-c1cc(C3CC3)c(F)c(c1)[C@H](CC(=O)O)NC(=O)[C@@H](n1cc(CCN(C)C)c(C(F)(F)F)cc1=O)CCCCCCC2. The second-order valence-corrected chi connectivity index (χ2v) is 13.8. The summed E-state index contributed by atoms with van der Waals surface area (Å²) in [5.74, 6) is -2.59. The van der Waals surface area contributed by atoms with E-state index in [2.05, 4.69) is 11.4 Å². The lowest BCUT2D eigenvalue weighted by molar-refractivity contribution is -0.139. The van der Waals surface area contributed by atoms with Crippen LogP contribution in [0.5, 0.6) is 0 Å². The molecular weight excluding hydrogens is 638 g/mol. The molecule has 1 saturated carbocycles. The number of carbonyl (C=O) groups is 2. The van der Waals surface area contributed by atoms with Crippen molar-refractivity contribution in [3.63, 3.8) is 0 Å². The molecule has 264 valence electrons. The summed E-state index contributed by atoms with van der Waals surface area (Å²) in [6.45, 7) is 2.27. The van der Waals surface area contributed by atoms with Crippen LogP contribution in [0, 0.1) is 12.7 Å². The van der Waals surface area contributed by atoms with Crippen molar-refractivity contribution in [1.29, 1.82) is 0 Å². The molecule has 0 unspecified atom stereocenters. The van der Waals surface area contributed by atoms with Crippen molar-refractivity contribution < 1.29 is 32.3 Å². The number of rotatable bonds is 7. The van der Waals surface area contributed by atoms with Gasteiger partial charge in [-0.25, -0.2) is 4.39 Å². The highest BCUT2D eigenvalue weighted by atomic mass is 19.4. The minimum Gasteiger partial charge on any atom is -0.481 e. The van der Waals surface area contributed by atoms with Crippen molar-refractivity contribution in [3.05, 3.63) is 92.1 Å². The van der Waals surface area contributed by atoms with Crippen molar-refractivity contribution >= 4 is 11.9 Å². The molecule has 1 fully saturated rings. The fourth-order valence-corrected chi connectivity index (χ4v) is 7.01. The third-order valence-corrected chi connectivity index (χ3v) is 9.72. The third-order valence-electron chi connectivity index (χ3n) is 9.72. The average molecular weight is 684 g/mol. The minimum absolute atomic E-state index is 0.0130. The summed E-state index contributed by atoms with van der Waals surface area (Å²) >= 11 is 0. The fourth-order valence-electron chi connectivity index (χ4n) is 7.01. The second-order valence-electron chi connectivity index (χ2n) is 13.8. The Hall–Kier alpha value is -3.99. The highest BCUT2D eigenvalue weighted by molar-refractivity contribution is 5.82. The Balaban J connectivity index is 1.64. The Morgan fingerprint density at radius 1 is 1.00 bits per heavy atom. The number of likely N-dealkylation sites (N-methyl/N-ethyl adjacent to an activating group) is 1. The normalized spacial score (nSPS) is 19.4. The molecule has 11 heteroatoms. The van der Waals surface area contributed by atoms with Crippen LogP contribution in [-0.2, 0) is 28.6 Å². The van der Waals surface area contributed by atoms with Gasteiger partial charge in [0.25, 0.3) is 5.56 Å². The lowest BCUT2D eigenvalue weighted by atomic mass is 9.87. The molecule has 2 atom stereocenters. The Bertz CT molecular complexity index is 1750. The van der Waals surface area contributed by atoms with Crippen LogP contribution in [-0.4, -0.2) is 47.1 Å². The van der Waals surface area contributed by atoms with Crippen LogP contribution in [0.3, 0.4) is 0 Å². The summed E-state index contributed by atoms with van der Waals surface area (Å²) < 4.78 is 59.5. The third kappa shape index (κ3) is 8.79. The van der Waals surface area contributed by atoms with Crippen molar-refractivity contribution in [3.8, 4) is 11.1 Å². The van der Waals surface area contributed by atoms with Crippen molar-refractivity contribution in [2.24, 2.45) is 0 Å². The summed E-state index contributed by atoms with van der Waals surface area (Å²) in [7, 11) is 3.45. The van der Waals surface area contributed by atoms with Crippen LogP contribution in [0.2, 0.25) is 0 Å². The minimum atomic E-state index is -4.77. The first-order chi connectivity index (χ1) is 23.2. The molecule has 1 aliphatic carbocycles. The number of carbonyl (C=O) groups excluding carboxylic acids is 1. The van der Waals surface area contributed by atoms with Crippen LogP contribution in [0.25, 0.3) is 11.1 Å². The van der Waals surface area contributed by atoms with Crippen molar-refractivity contribution in [1.82, 2.24) is 14.8 Å².